The number of aromatic nitrogens is 1. The first kappa shape index (κ1) is 8.65. The van der Waals surface area contributed by atoms with E-state index in [0.29, 0.717) is 10.1 Å². The first-order chi connectivity index (χ1) is 6.18. The van der Waals surface area contributed by atoms with Gasteiger partial charge in [-0.1, -0.05) is 0 Å². The molecule has 0 unspecified atom stereocenters. The average molecular weight is 258 g/mol. The van der Waals surface area contributed by atoms with Gasteiger partial charge in [0.05, 0.1) is 15.8 Å². The van der Waals surface area contributed by atoms with E-state index in [4.69, 9.17) is 5.11 Å². The minimum atomic E-state index is -0.933. The van der Waals surface area contributed by atoms with E-state index in [0.717, 1.165) is 4.70 Å². The lowest BCUT2D eigenvalue weighted by Gasteiger charge is -1.92. The molecule has 0 aliphatic carbocycles. The number of nitrogens with zero attached hydrogens (tertiary/aromatic N) is 1. The van der Waals surface area contributed by atoms with Crippen LogP contribution in [0.25, 0.3) is 10.2 Å². The number of hydrogen-bond donors (Lipinski definition) is 1. The van der Waals surface area contributed by atoms with Gasteiger partial charge >= 0.3 is 5.97 Å². The SMILES string of the molecule is O=C(O)c1csc2ccc(Br)nc12. The predicted molar refractivity (Wildman–Crippen MR) is 54.3 cm³/mol. The van der Waals surface area contributed by atoms with Gasteiger partial charge in [0.2, 0.25) is 0 Å². The Morgan fingerprint density at radius 3 is 3.00 bits per heavy atom. The molecule has 0 saturated carbocycles. The lowest BCUT2D eigenvalue weighted by Crippen LogP contribution is -1.94. The van der Waals surface area contributed by atoms with Gasteiger partial charge in [-0.25, -0.2) is 9.78 Å². The average Bonchev–Trinajstić information content (AvgIpc) is 2.46. The van der Waals surface area contributed by atoms with Gasteiger partial charge in [0.15, 0.2) is 0 Å². The molecule has 2 aromatic rings. The van der Waals surface area contributed by atoms with Gasteiger partial charge in [-0.2, -0.15) is 0 Å². The van der Waals surface area contributed by atoms with Crippen LogP contribution < -0.4 is 0 Å². The smallest absolute Gasteiger partial charge is 0.338 e. The zero-order valence-corrected chi connectivity index (χ0v) is 8.72. The summed E-state index contributed by atoms with van der Waals surface area (Å²) in [6.45, 7) is 0. The van der Waals surface area contributed by atoms with Crippen LogP contribution in [0.15, 0.2) is 22.1 Å². The van der Waals surface area contributed by atoms with E-state index in [1.54, 1.807) is 11.4 Å². The van der Waals surface area contributed by atoms with Crippen molar-refractivity contribution >= 4 is 43.5 Å². The molecule has 0 radical (unpaired) electrons. The van der Waals surface area contributed by atoms with Crippen LogP contribution in [0.5, 0.6) is 0 Å². The summed E-state index contributed by atoms with van der Waals surface area (Å²) in [7, 11) is 0. The molecule has 0 aliphatic rings. The number of hydrogen-bond acceptors (Lipinski definition) is 3. The summed E-state index contributed by atoms with van der Waals surface area (Å²) in [6, 6.07) is 3.65. The van der Waals surface area contributed by atoms with E-state index in [1.165, 1.54) is 11.3 Å². The van der Waals surface area contributed by atoms with Crippen LogP contribution in [0, 0.1) is 0 Å². The number of pyridine rings is 1. The molecule has 0 aromatic carbocycles. The number of rotatable bonds is 1. The largest absolute Gasteiger partial charge is 0.478 e. The maximum atomic E-state index is 10.7. The molecule has 66 valence electrons. The van der Waals surface area contributed by atoms with Crippen LogP contribution in [0.1, 0.15) is 10.4 Å². The first-order valence-electron chi connectivity index (χ1n) is 3.45. The summed E-state index contributed by atoms with van der Waals surface area (Å²) < 4.78 is 1.54. The molecule has 2 rings (SSSR count). The fraction of sp³-hybridized carbons (Fsp3) is 0. The van der Waals surface area contributed by atoms with Gasteiger partial charge < -0.3 is 5.11 Å². The maximum Gasteiger partial charge on any atom is 0.338 e. The van der Waals surface area contributed by atoms with E-state index in [-0.39, 0.29) is 5.56 Å². The second kappa shape index (κ2) is 3.08. The van der Waals surface area contributed by atoms with Gasteiger partial charge in [-0.15, -0.1) is 11.3 Å². The number of thiophene rings is 1. The number of carboxylic acid groups (broad SMARTS) is 1. The van der Waals surface area contributed by atoms with E-state index >= 15 is 0 Å². The molecule has 0 bridgehead atoms. The third kappa shape index (κ3) is 1.45. The molecule has 5 heteroatoms. The Morgan fingerprint density at radius 2 is 2.31 bits per heavy atom. The molecular formula is C8H4BrNO2S. The Labute approximate surface area is 86.2 Å². The summed E-state index contributed by atoms with van der Waals surface area (Å²) in [4.78, 5) is 14.8. The number of aromatic carboxylic acids is 1. The van der Waals surface area contributed by atoms with Crippen LogP contribution in [0.4, 0.5) is 0 Å². The molecule has 0 atom stereocenters. The number of halogens is 1. The molecule has 0 fully saturated rings. The molecule has 1 N–H and O–H groups in total. The summed E-state index contributed by atoms with van der Waals surface area (Å²) in [6.07, 6.45) is 0. The van der Waals surface area contributed by atoms with Crippen molar-refractivity contribution in [1.29, 1.82) is 0 Å². The predicted octanol–water partition coefficient (Wildman–Crippen LogP) is 2.76. The number of carbonyl (C=O) groups is 1. The third-order valence-corrected chi connectivity index (χ3v) is 2.99. The fourth-order valence-corrected chi connectivity index (χ4v) is 2.22. The lowest BCUT2D eigenvalue weighted by atomic mass is 10.3. The number of carboxylic acids is 1. The van der Waals surface area contributed by atoms with Crippen molar-refractivity contribution in [3.8, 4) is 0 Å². The van der Waals surface area contributed by atoms with Crippen LogP contribution >= 0.6 is 27.3 Å². The van der Waals surface area contributed by atoms with Crippen molar-refractivity contribution in [3.05, 3.63) is 27.7 Å². The highest BCUT2D eigenvalue weighted by atomic mass is 79.9. The lowest BCUT2D eigenvalue weighted by molar-refractivity contribution is 0.0699. The van der Waals surface area contributed by atoms with Gasteiger partial charge in [0, 0.05) is 5.38 Å². The Hall–Kier alpha value is -0.940. The normalized spacial score (nSPS) is 10.5. The Balaban J connectivity index is 2.79. The Kier molecular flexibility index (Phi) is 2.05. The minimum Gasteiger partial charge on any atom is -0.478 e. The van der Waals surface area contributed by atoms with Gasteiger partial charge in [0.25, 0.3) is 0 Å². The van der Waals surface area contributed by atoms with Crippen LogP contribution in [-0.4, -0.2) is 16.1 Å². The van der Waals surface area contributed by atoms with Crippen molar-refractivity contribution < 1.29 is 9.90 Å². The quantitative estimate of drug-likeness (QED) is 0.800. The van der Waals surface area contributed by atoms with Crippen LogP contribution in [0.2, 0.25) is 0 Å². The van der Waals surface area contributed by atoms with Crippen LogP contribution in [-0.2, 0) is 0 Å². The molecule has 3 nitrogen and oxygen atoms in total. The third-order valence-electron chi connectivity index (χ3n) is 1.61. The van der Waals surface area contributed by atoms with Crippen molar-refractivity contribution in [2.45, 2.75) is 0 Å². The molecular weight excluding hydrogens is 254 g/mol. The van der Waals surface area contributed by atoms with Gasteiger partial charge in [-0.3, -0.25) is 0 Å². The molecule has 0 aliphatic heterocycles. The topological polar surface area (TPSA) is 50.2 Å². The molecule has 0 saturated heterocycles. The Morgan fingerprint density at radius 1 is 1.54 bits per heavy atom. The highest BCUT2D eigenvalue weighted by Crippen LogP contribution is 2.25. The first-order valence-corrected chi connectivity index (χ1v) is 5.13. The van der Waals surface area contributed by atoms with Crippen molar-refractivity contribution in [2.75, 3.05) is 0 Å². The zero-order valence-electron chi connectivity index (χ0n) is 6.32. The molecule has 2 heterocycles. The minimum absolute atomic E-state index is 0.265. The van der Waals surface area contributed by atoms with E-state index in [9.17, 15) is 4.79 Å². The maximum absolute atomic E-state index is 10.7. The van der Waals surface area contributed by atoms with E-state index in [2.05, 4.69) is 20.9 Å². The second-order valence-corrected chi connectivity index (χ2v) is 4.16. The highest BCUT2D eigenvalue weighted by Gasteiger charge is 2.11. The van der Waals surface area contributed by atoms with Crippen molar-refractivity contribution in [1.82, 2.24) is 4.98 Å². The number of fused-ring (bicyclic) bond motifs is 1. The Bertz CT molecular complexity index is 480. The summed E-state index contributed by atoms with van der Waals surface area (Å²) in [5.41, 5.74) is 0.813. The highest BCUT2D eigenvalue weighted by molar-refractivity contribution is 9.10. The monoisotopic (exact) mass is 257 g/mol. The summed E-state index contributed by atoms with van der Waals surface area (Å²) >= 11 is 4.59. The van der Waals surface area contributed by atoms with E-state index < -0.39 is 5.97 Å². The standard InChI is InChI=1S/C8H4BrNO2S/c9-6-2-1-5-7(10-6)4(3-13-5)8(11)12/h1-3H,(H,11,12). The van der Waals surface area contributed by atoms with Gasteiger partial charge in [-0.05, 0) is 28.1 Å². The van der Waals surface area contributed by atoms with Gasteiger partial charge in [0.1, 0.15) is 4.60 Å². The van der Waals surface area contributed by atoms with E-state index in [1.807, 2.05) is 6.07 Å². The molecule has 2 aromatic heterocycles. The summed E-state index contributed by atoms with van der Waals surface area (Å²) in [5, 5.41) is 10.4. The molecule has 0 amide bonds. The van der Waals surface area contributed by atoms with Crippen molar-refractivity contribution in [2.24, 2.45) is 0 Å². The zero-order chi connectivity index (χ0) is 9.42. The molecule has 13 heavy (non-hydrogen) atoms. The van der Waals surface area contributed by atoms with Crippen LogP contribution in [0.3, 0.4) is 0 Å². The fourth-order valence-electron chi connectivity index (χ4n) is 1.04. The summed E-state index contributed by atoms with van der Waals surface area (Å²) in [5.74, 6) is -0.933. The second-order valence-electron chi connectivity index (χ2n) is 2.44. The molecule has 0 spiro atoms. The van der Waals surface area contributed by atoms with Crippen molar-refractivity contribution in [3.63, 3.8) is 0 Å².